The van der Waals surface area contributed by atoms with E-state index in [1.807, 2.05) is 37.3 Å². The molecule has 0 radical (unpaired) electrons. The zero-order valence-electron chi connectivity index (χ0n) is 14.5. The van der Waals surface area contributed by atoms with Crippen molar-refractivity contribution in [3.05, 3.63) is 83.2 Å². The predicted molar refractivity (Wildman–Crippen MR) is 98.0 cm³/mol. The monoisotopic (exact) mass is 349 g/mol. The third kappa shape index (κ3) is 3.97. The normalized spacial score (nSPS) is 11.6. The fraction of sp³-hybridized carbons (Fsp3) is 0.150. The minimum atomic E-state index is -0.432. The molecule has 0 unspecified atom stereocenters. The van der Waals surface area contributed by atoms with E-state index < -0.39 is 5.91 Å². The summed E-state index contributed by atoms with van der Waals surface area (Å²) < 4.78 is 4.91. The number of hydrogen-bond donors (Lipinski definition) is 2. The molecule has 132 valence electrons. The van der Waals surface area contributed by atoms with Crippen LogP contribution in [0.15, 0.2) is 65.2 Å². The van der Waals surface area contributed by atoms with Crippen LogP contribution >= 0.6 is 0 Å². The molecule has 2 aromatic carbocycles. The van der Waals surface area contributed by atoms with Gasteiger partial charge in [-0.25, -0.2) is 0 Å². The Morgan fingerprint density at radius 3 is 2.38 bits per heavy atom. The molecule has 0 fully saturated rings. The van der Waals surface area contributed by atoms with Crippen molar-refractivity contribution in [2.75, 3.05) is 5.32 Å². The van der Waals surface area contributed by atoms with E-state index in [0.29, 0.717) is 17.0 Å². The van der Waals surface area contributed by atoms with E-state index in [-0.39, 0.29) is 17.6 Å². The Labute approximate surface area is 151 Å². The van der Waals surface area contributed by atoms with Crippen molar-refractivity contribution in [3.63, 3.8) is 0 Å². The van der Waals surface area contributed by atoms with Crippen molar-refractivity contribution in [1.29, 1.82) is 0 Å². The van der Waals surface area contributed by atoms with E-state index in [9.17, 15) is 9.59 Å². The van der Waals surface area contributed by atoms with Gasteiger partial charge in [-0.2, -0.15) is 0 Å². The van der Waals surface area contributed by atoms with E-state index in [4.69, 9.17) is 4.52 Å². The molecule has 1 aromatic heterocycles. The molecule has 2 N–H and O–H groups in total. The lowest BCUT2D eigenvalue weighted by Crippen LogP contribution is -2.28. The number of benzene rings is 2. The van der Waals surface area contributed by atoms with Crippen LogP contribution in [0.3, 0.4) is 0 Å². The van der Waals surface area contributed by atoms with Crippen LogP contribution in [0, 0.1) is 6.92 Å². The summed E-state index contributed by atoms with van der Waals surface area (Å²) in [6.07, 6.45) is 0. The maximum absolute atomic E-state index is 12.7. The molecule has 0 saturated carbocycles. The number of anilines is 1. The molecule has 3 rings (SSSR count). The van der Waals surface area contributed by atoms with Crippen molar-refractivity contribution >= 4 is 17.5 Å². The fourth-order valence-electron chi connectivity index (χ4n) is 2.55. The minimum Gasteiger partial charge on any atom is -0.361 e. The highest BCUT2D eigenvalue weighted by Gasteiger charge is 2.17. The quantitative estimate of drug-likeness (QED) is 0.735. The highest BCUT2D eigenvalue weighted by Crippen LogP contribution is 2.19. The van der Waals surface area contributed by atoms with Crippen molar-refractivity contribution in [3.8, 4) is 0 Å². The van der Waals surface area contributed by atoms with Crippen molar-refractivity contribution in [2.45, 2.75) is 19.9 Å². The van der Waals surface area contributed by atoms with Crippen LogP contribution in [0.5, 0.6) is 0 Å². The zero-order valence-corrected chi connectivity index (χ0v) is 14.5. The van der Waals surface area contributed by atoms with Crippen molar-refractivity contribution in [2.24, 2.45) is 0 Å². The van der Waals surface area contributed by atoms with Gasteiger partial charge in [0.25, 0.3) is 11.8 Å². The number of aromatic nitrogens is 1. The molecule has 1 atom stereocenters. The molecule has 2 amide bonds. The molecule has 0 spiro atoms. The standard InChI is InChI=1S/C20H19N3O3/c1-13-12-18(23-26-13)20(25)22-17-11-7-6-10-16(17)19(24)21-14(2)15-8-4-3-5-9-15/h3-12,14H,1-2H3,(H,21,24)(H,22,25)/t14-/m1/s1. The number of carbonyl (C=O) groups is 2. The summed E-state index contributed by atoms with van der Waals surface area (Å²) >= 11 is 0. The SMILES string of the molecule is Cc1cc(C(=O)Nc2ccccc2C(=O)N[C@H](C)c2ccccc2)no1. The highest BCUT2D eigenvalue weighted by molar-refractivity contribution is 6.08. The number of carbonyl (C=O) groups excluding carboxylic acids is 2. The van der Waals surface area contributed by atoms with Gasteiger partial charge in [0, 0.05) is 6.07 Å². The Morgan fingerprint density at radius 1 is 1.00 bits per heavy atom. The Hall–Kier alpha value is -3.41. The summed E-state index contributed by atoms with van der Waals surface area (Å²) in [5.41, 5.74) is 1.95. The lowest BCUT2D eigenvalue weighted by molar-refractivity contribution is 0.0941. The molecule has 0 aliphatic carbocycles. The molecule has 0 aliphatic rings. The first-order valence-electron chi connectivity index (χ1n) is 8.24. The van der Waals surface area contributed by atoms with Gasteiger partial charge in [0.05, 0.1) is 17.3 Å². The number of aryl methyl sites for hydroxylation is 1. The summed E-state index contributed by atoms with van der Waals surface area (Å²) in [7, 11) is 0. The Morgan fingerprint density at radius 2 is 1.69 bits per heavy atom. The molecular weight excluding hydrogens is 330 g/mol. The van der Waals surface area contributed by atoms with Crippen LogP contribution in [0.4, 0.5) is 5.69 Å². The van der Waals surface area contributed by atoms with E-state index in [1.54, 1.807) is 31.2 Å². The number of para-hydroxylation sites is 1. The fourth-order valence-corrected chi connectivity index (χ4v) is 2.55. The number of hydrogen-bond acceptors (Lipinski definition) is 4. The van der Waals surface area contributed by atoms with Crippen molar-refractivity contribution in [1.82, 2.24) is 10.5 Å². The first-order valence-corrected chi connectivity index (χ1v) is 8.24. The predicted octanol–water partition coefficient (Wildman–Crippen LogP) is 3.73. The van der Waals surface area contributed by atoms with Gasteiger partial charge in [0.1, 0.15) is 5.76 Å². The molecule has 6 heteroatoms. The molecule has 0 saturated heterocycles. The summed E-state index contributed by atoms with van der Waals surface area (Å²) in [6.45, 7) is 3.61. The average molecular weight is 349 g/mol. The summed E-state index contributed by atoms with van der Waals surface area (Å²) in [5.74, 6) is -0.162. The first kappa shape index (κ1) is 17.4. The van der Waals surface area contributed by atoms with Gasteiger partial charge in [-0.3, -0.25) is 9.59 Å². The topological polar surface area (TPSA) is 84.2 Å². The zero-order chi connectivity index (χ0) is 18.5. The summed E-state index contributed by atoms with van der Waals surface area (Å²) in [6, 6.07) is 17.9. The minimum absolute atomic E-state index is 0.161. The number of amides is 2. The van der Waals surface area contributed by atoms with Crippen LogP contribution in [0.1, 0.15) is 45.1 Å². The molecule has 26 heavy (non-hydrogen) atoms. The molecule has 1 heterocycles. The van der Waals surface area contributed by atoms with Crippen LogP contribution in [0.25, 0.3) is 0 Å². The van der Waals surface area contributed by atoms with Crippen molar-refractivity contribution < 1.29 is 14.1 Å². The lowest BCUT2D eigenvalue weighted by Gasteiger charge is -2.16. The van der Waals surface area contributed by atoms with Crippen LogP contribution in [0.2, 0.25) is 0 Å². The van der Waals surface area contributed by atoms with Crippen LogP contribution in [-0.2, 0) is 0 Å². The van der Waals surface area contributed by atoms with Gasteiger partial charge in [-0.1, -0.05) is 47.6 Å². The molecule has 0 bridgehead atoms. The lowest BCUT2D eigenvalue weighted by atomic mass is 10.1. The van der Waals surface area contributed by atoms with Gasteiger partial charge in [-0.15, -0.1) is 0 Å². The van der Waals surface area contributed by atoms with E-state index in [1.165, 1.54) is 6.07 Å². The Balaban J connectivity index is 1.76. The van der Waals surface area contributed by atoms with E-state index in [0.717, 1.165) is 5.56 Å². The molecule has 3 aromatic rings. The maximum atomic E-state index is 12.7. The first-order chi connectivity index (χ1) is 12.5. The van der Waals surface area contributed by atoms with Gasteiger partial charge in [-0.05, 0) is 31.5 Å². The largest absolute Gasteiger partial charge is 0.361 e. The Bertz CT molecular complexity index is 919. The van der Waals surface area contributed by atoms with Gasteiger partial charge in [0.2, 0.25) is 0 Å². The summed E-state index contributed by atoms with van der Waals surface area (Å²) in [4.78, 5) is 25.0. The number of nitrogens with zero attached hydrogens (tertiary/aromatic N) is 1. The molecule has 6 nitrogen and oxygen atoms in total. The molecule has 0 aliphatic heterocycles. The third-order valence-electron chi connectivity index (χ3n) is 3.93. The second kappa shape index (κ2) is 7.65. The summed E-state index contributed by atoms with van der Waals surface area (Å²) in [5, 5.41) is 9.34. The average Bonchev–Trinajstić information content (AvgIpc) is 3.09. The third-order valence-corrected chi connectivity index (χ3v) is 3.93. The van der Waals surface area contributed by atoms with Gasteiger partial charge < -0.3 is 15.2 Å². The Kier molecular flexibility index (Phi) is 5.12. The molecular formula is C20H19N3O3. The second-order valence-electron chi connectivity index (χ2n) is 5.93. The number of rotatable bonds is 5. The smallest absolute Gasteiger partial charge is 0.277 e. The van der Waals surface area contributed by atoms with E-state index in [2.05, 4.69) is 15.8 Å². The van der Waals surface area contributed by atoms with Gasteiger partial charge >= 0.3 is 0 Å². The van der Waals surface area contributed by atoms with Crippen LogP contribution in [-0.4, -0.2) is 17.0 Å². The maximum Gasteiger partial charge on any atom is 0.277 e. The van der Waals surface area contributed by atoms with E-state index >= 15 is 0 Å². The van der Waals surface area contributed by atoms with Crippen LogP contribution < -0.4 is 10.6 Å². The van der Waals surface area contributed by atoms with Gasteiger partial charge in [0.15, 0.2) is 5.69 Å². The highest BCUT2D eigenvalue weighted by atomic mass is 16.5. The number of nitrogens with one attached hydrogen (secondary N) is 2. The second-order valence-corrected chi connectivity index (χ2v) is 5.93.